The number of aromatic nitrogens is 3. The molecule has 1 atom stereocenters. The second-order valence-corrected chi connectivity index (χ2v) is 9.09. The minimum Gasteiger partial charge on any atom is -0.441 e. The van der Waals surface area contributed by atoms with Crippen molar-refractivity contribution < 1.29 is 23.1 Å². The SMILES string of the molecule is C[C@@H](OC(=O)N/C(=C(/N)c1ccc(NC(=O)c2ccc(C3(C#N)CC3)nc2)cn1)N(C)N)c1cc(F)cnc1F. The summed E-state index contributed by atoms with van der Waals surface area (Å²) in [4.78, 5) is 36.8. The number of nitrogens with two attached hydrogens (primary N) is 2. The fourth-order valence-corrected chi connectivity index (χ4v) is 3.73. The molecule has 1 aliphatic rings. The van der Waals surface area contributed by atoms with Gasteiger partial charge >= 0.3 is 6.09 Å². The van der Waals surface area contributed by atoms with Gasteiger partial charge in [0.25, 0.3) is 5.91 Å². The van der Waals surface area contributed by atoms with Crippen LogP contribution >= 0.6 is 0 Å². The molecule has 0 aliphatic heterocycles. The van der Waals surface area contributed by atoms with Crippen LogP contribution in [0.1, 0.15) is 53.2 Å². The molecular weight excluding hydrogens is 524 g/mol. The first-order chi connectivity index (χ1) is 19.0. The van der Waals surface area contributed by atoms with Gasteiger partial charge in [-0.1, -0.05) is 0 Å². The molecule has 0 saturated heterocycles. The van der Waals surface area contributed by atoms with Crippen LogP contribution in [0.25, 0.3) is 5.70 Å². The van der Waals surface area contributed by atoms with Gasteiger partial charge in [0.15, 0.2) is 5.82 Å². The lowest BCUT2D eigenvalue weighted by Crippen LogP contribution is -2.39. The van der Waals surface area contributed by atoms with E-state index in [2.05, 4.69) is 31.7 Å². The van der Waals surface area contributed by atoms with Crippen molar-refractivity contribution in [1.82, 2.24) is 25.3 Å². The molecule has 1 saturated carbocycles. The zero-order chi connectivity index (χ0) is 29.0. The number of anilines is 1. The number of halogens is 2. The maximum absolute atomic E-state index is 13.9. The van der Waals surface area contributed by atoms with E-state index < -0.39 is 35.3 Å². The summed E-state index contributed by atoms with van der Waals surface area (Å²) >= 11 is 0. The van der Waals surface area contributed by atoms with E-state index >= 15 is 0 Å². The molecule has 4 rings (SSSR count). The predicted molar refractivity (Wildman–Crippen MR) is 138 cm³/mol. The van der Waals surface area contributed by atoms with Crippen molar-refractivity contribution >= 4 is 23.4 Å². The average molecular weight is 550 g/mol. The van der Waals surface area contributed by atoms with E-state index in [1.54, 1.807) is 12.1 Å². The molecule has 206 valence electrons. The predicted octanol–water partition coefficient (Wildman–Crippen LogP) is 2.83. The first-order valence-electron chi connectivity index (χ1n) is 12.0. The normalized spacial score (nSPS) is 14.7. The number of rotatable bonds is 8. The van der Waals surface area contributed by atoms with Gasteiger partial charge in [0.1, 0.15) is 17.6 Å². The first-order valence-corrected chi connectivity index (χ1v) is 12.0. The van der Waals surface area contributed by atoms with Crippen LogP contribution in [-0.4, -0.2) is 39.0 Å². The largest absolute Gasteiger partial charge is 0.441 e. The van der Waals surface area contributed by atoms with Crippen LogP contribution in [0.4, 0.5) is 19.3 Å². The van der Waals surface area contributed by atoms with E-state index in [0.717, 1.165) is 23.9 Å². The van der Waals surface area contributed by atoms with Crippen molar-refractivity contribution in [2.45, 2.75) is 31.3 Å². The summed E-state index contributed by atoms with van der Waals surface area (Å²) in [5.41, 5.74) is 6.84. The molecule has 0 unspecified atom stereocenters. The third kappa shape index (κ3) is 6.11. The van der Waals surface area contributed by atoms with Gasteiger partial charge < -0.3 is 15.8 Å². The lowest BCUT2D eigenvalue weighted by molar-refractivity contribution is 0.102. The van der Waals surface area contributed by atoms with Gasteiger partial charge in [-0.3, -0.25) is 25.1 Å². The van der Waals surface area contributed by atoms with Crippen LogP contribution in [-0.2, 0) is 10.2 Å². The van der Waals surface area contributed by atoms with E-state index in [9.17, 15) is 23.6 Å². The number of amides is 2. The summed E-state index contributed by atoms with van der Waals surface area (Å²) in [7, 11) is 1.40. The smallest absolute Gasteiger partial charge is 0.413 e. The summed E-state index contributed by atoms with van der Waals surface area (Å²) in [5, 5.41) is 15.4. The van der Waals surface area contributed by atoms with Crippen molar-refractivity contribution in [3.63, 3.8) is 0 Å². The Morgan fingerprint density at radius 1 is 1.15 bits per heavy atom. The molecule has 0 spiro atoms. The molecule has 3 aromatic heterocycles. The van der Waals surface area contributed by atoms with Gasteiger partial charge in [-0.25, -0.2) is 20.0 Å². The molecule has 0 aromatic carbocycles. The summed E-state index contributed by atoms with van der Waals surface area (Å²) in [5.74, 6) is 3.53. The van der Waals surface area contributed by atoms with Crippen LogP contribution < -0.4 is 22.2 Å². The molecule has 3 heterocycles. The van der Waals surface area contributed by atoms with E-state index in [1.807, 2.05) is 0 Å². The molecule has 6 N–H and O–H groups in total. The Hall–Kier alpha value is -5.16. The lowest BCUT2D eigenvalue weighted by atomic mass is 10.0. The molecule has 1 aliphatic carbocycles. The van der Waals surface area contributed by atoms with Gasteiger partial charge in [0, 0.05) is 13.2 Å². The number of ether oxygens (including phenoxy) is 1. The minimum atomic E-state index is -1.18. The Labute approximate surface area is 227 Å². The Kier molecular flexibility index (Phi) is 7.87. The van der Waals surface area contributed by atoms with E-state index in [4.69, 9.17) is 16.3 Å². The van der Waals surface area contributed by atoms with Crippen molar-refractivity contribution in [3.8, 4) is 6.07 Å². The number of nitrogens with one attached hydrogen (secondary N) is 2. The van der Waals surface area contributed by atoms with Crippen molar-refractivity contribution in [2.75, 3.05) is 12.4 Å². The number of hydrogen-bond donors (Lipinski definition) is 4. The monoisotopic (exact) mass is 549 g/mol. The van der Waals surface area contributed by atoms with Crippen LogP contribution in [0.3, 0.4) is 0 Å². The van der Waals surface area contributed by atoms with Crippen LogP contribution in [0.5, 0.6) is 0 Å². The summed E-state index contributed by atoms with van der Waals surface area (Å²) in [6.07, 6.45) is 2.75. The number of hydrazine groups is 1. The molecule has 14 heteroatoms. The van der Waals surface area contributed by atoms with E-state index in [-0.39, 0.29) is 22.8 Å². The van der Waals surface area contributed by atoms with Gasteiger partial charge in [0.2, 0.25) is 5.95 Å². The molecule has 1 fully saturated rings. The van der Waals surface area contributed by atoms with Crippen LogP contribution in [0.15, 0.2) is 54.7 Å². The molecular formula is C26H25F2N9O3. The number of hydrogen-bond acceptors (Lipinski definition) is 10. The lowest BCUT2D eigenvalue weighted by Gasteiger charge is -2.21. The third-order valence-corrected chi connectivity index (χ3v) is 6.16. The quantitative estimate of drug-likeness (QED) is 0.185. The number of nitriles is 1. The van der Waals surface area contributed by atoms with Crippen molar-refractivity contribution in [3.05, 3.63) is 89.0 Å². The number of carbonyl (C=O) groups is 2. The number of pyridine rings is 3. The fraction of sp³-hybridized carbons (Fsp3) is 0.231. The zero-order valence-corrected chi connectivity index (χ0v) is 21.5. The van der Waals surface area contributed by atoms with Gasteiger partial charge in [-0.05, 0) is 50.1 Å². The van der Waals surface area contributed by atoms with Crippen molar-refractivity contribution in [1.29, 1.82) is 5.26 Å². The first kappa shape index (κ1) is 27.9. The van der Waals surface area contributed by atoms with Crippen LogP contribution in [0, 0.1) is 23.1 Å². The molecule has 0 radical (unpaired) electrons. The Bertz CT molecular complexity index is 1500. The Balaban J connectivity index is 1.42. The maximum atomic E-state index is 13.9. The molecule has 3 aromatic rings. The fourth-order valence-electron chi connectivity index (χ4n) is 3.73. The molecule has 0 bridgehead atoms. The maximum Gasteiger partial charge on any atom is 0.413 e. The standard InChI is InChI=1S/C26H25F2N9O3/c1-14(18-9-16(27)11-34-22(18)28)40-25(39)36-23(37(2)31)21(30)19-5-4-17(12-32-19)35-24(38)15-3-6-20(33-10-15)26(13-29)7-8-26/h3-6,9-12,14H,7-8,30-31H2,1-2H3,(H,35,38)(H,36,39)/b23-21-/t14-/m1/s1. The van der Waals surface area contributed by atoms with E-state index in [1.165, 1.54) is 38.5 Å². The number of nitrogens with zero attached hydrogens (tertiary/aromatic N) is 5. The molecule has 40 heavy (non-hydrogen) atoms. The highest BCUT2D eigenvalue weighted by Crippen LogP contribution is 2.46. The third-order valence-electron chi connectivity index (χ3n) is 6.16. The molecule has 12 nitrogen and oxygen atoms in total. The topological polar surface area (TPSA) is 185 Å². The minimum absolute atomic E-state index is 0.0441. The second kappa shape index (κ2) is 11.3. The van der Waals surface area contributed by atoms with Crippen LogP contribution in [0.2, 0.25) is 0 Å². The van der Waals surface area contributed by atoms with Crippen molar-refractivity contribution in [2.24, 2.45) is 11.6 Å². The second-order valence-electron chi connectivity index (χ2n) is 9.09. The number of alkyl carbamates (subject to hydrolysis) is 1. The summed E-state index contributed by atoms with van der Waals surface area (Å²) < 4.78 is 32.5. The highest BCUT2D eigenvalue weighted by Gasteiger charge is 2.46. The average Bonchev–Trinajstić information content (AvgIpc) is 3.74. The summed E-state index contributed by atoms with van der Waals surface area (Å²) in [6, 6.07) is 9.44. The Morgan fingerprint density at radius 2 is 1.90 bits per heavy atom. The molecule has 2 amide bonds. The number of carbonyl (C=O) groups excluding carboxylic acids is 2. The highest BCUT2D eigenvalue weighted by atomic mass is 19.1. The van der Waals surface area contributed by atoms with E-state index in [0.29, 0.717) is 23.1 Å². The Morgan fingerprint density at radius 3 is 2.48 bits per heavy atom. The van der Waals surface area contributed by atoms with Gasteiger partial charge in [-0.2, -0.15) is 9.65 Å². The zero-order valence-electron chi connectivity index (χ0n) is 21.5. The van der Waals surface area contributed by atoms with Gasteiger partial charge in [0.05, 0.1) is 52.1 Å². The summed E-state index contributed by atoms with van der Waals surface area (Å²) in [6.45, 7) is 1.34. The highest BCUT2D eigenvalue weighted by molar-refractivity contribution is 6.04. The van der Waals surface area contributed by atoms with Gasteiger partial charge in [-0.15, -0.1) is 0 Å².